The van der Waals surface area contributed by atoms with Gasteiger partial charge in [0.05, 0.1) is 11.3 Å². The highest BCUT2D eigenvalue weighted by atomic mass is 16.1. The standard InChI is InChI=1S/C11H10N2O/c1-8-4-2-6-12-10(8)9-5-3-7-13-11(9)14/h2-7H,1H3,(H,13,14). The van der Waals surface area contributed by atoms with Gasteiger partial charge in [0.15, 0.2) is 0 Å². The third kappa shape index (κ3) is 1.44. The van der Waals surface area contributed by atoms with Crippen LogP contribution >= 0.6 is 0 Å². The third-order valence-electron chi connectivity index (χ3n) is 2.08. The second-order valence-electron chi connectivity index (χ2n) is 3.08. The zero-order chi connectivity index (χ0) is 9.97. The van der Waals surface area contributed by atoms with E-state index in [4.69, 9.17) is 0 Å². The molecule has 0 spiro atoms. The van der Waals surface area contributed by atoms with Crippen molar-refractivity contribution < 1.29 is 0 Å². The van der Waals surface area contributed by atoms with Crippen molar-refractivity contribution in [2.45, 2.75) is 6.92 Å². The molecular formula is C11H10N2O. The predicted molar refractivity (Wildman–Crippen MR) is 55.0 cm³/mol. The van der Waals surface area contributed by atoms with Crippen LogP contribution in [0.3, 0.4) is 0 Å². The Balaban J connectivity index is 2.67. The smallest absolute Gasteiger partial charge is 0.257 e. The van der Waals surface area contributed by atoms with Crippen molar-refractivity contribution in [3.05, 3.63) is 52.6 Å². The van der Waals surface area contributed by atoms with Crippen molar-refractivity contribution in [1.82, 2.24) is 9.97 Å². The van der Waals surface area contributed by atoms with Gasteiger partial charge in [-0.05, 0) is 30.7 Å². The van der Waals surface area contributed by atoms with Gasteiger partial charge < -0.3 is 4.98 Å². The largest absolute Gasteiger partial charge is 0.329 e. The first kappa shape index (κ1) is 8.69. The van der Waals surface area contributed by atoms with Gasteiger partial charge in [0.2, 0.25) is 0 Å². The zero-order valence-electron chi connectivity index (χ0n) is 7.82. The molecule has 0 fully saturated rings. The van der Waals surface area contributed by atoms with E-state index in [1.54, 1.807) is 24.5 Å². The molecule has 0 saturated heterocycles. The Morgan fingerprint density at radius 1 is 1.29 bits per heavy atom. The van der Waals surface area contributed by atoms with E-state index in [9.17, 15) is 4.79 Å². The van der Waals surface area contributed by atoms with Crippen molar-refractivity contribution in [3.63, 3.8) is 0 Å². The molecule has 0 aliphatic heterocycles. The highest BCUT2D eigenvalue weighted by molar-refractivity contribution is 5.61. The molecule has 3 nitrogen and oxygen atoms in total. The molecule has 2 aromatic heterocycles. The lowest BCUT2D eigenvalue weighted by atomic mass is 10.1. The highest BCUT2D eigenvalue weighted by Gasteiger charge is 2.05. The number of hydrogen-bond acceptors (Lipinski definition) is 2. The van der Waals surface area contributed by atoms with Gasteiger partial charge in [-0.2, -0.15) is 0 Å². The summed E-state index contributed by atoms with van der Waals surface area (Å²) < 4.78 is 0. The Bertz CT molecular complexity index is 502. The molecule has 14 heavy (non-hydrogen) atoms. The maximum Gasteiger partial charge on any atom is 0.257 e. The molecule has 0 amide bonds. The molecule has 3 heteroatoms. The first-order chi connectivity index (χ1) is 6.79. The Morgan fingerprint density at radius 3 is 2.86 bits per heavy atom. The minimum absolute atomic E-state index is 0.102. The summed E-state index contributed by atoms with van der Waals surface area (Å²) in [5, 5.41) is 0. The second-order valence-corrected chi connectivity index (χ2v) is 3.08. The van der Waals surface area contributed by atoms with Crippen LogP contribution in [0.1, 0.15) is 5.56 Å². The van der Waals surface area contributed by atoms with E-state index in [0.717, 1.165) is 11.3 Å². The molecule has 0 aromatic carbocycles. The van der Waals surface area contributed by atoms with E-state index in [0.29, 0.717) is 5.56 Å². The Morgan fingerprint density at radius 2 is 2.14 bits per heavy atom. The number of nitrogens with zero attached hydrogens (tertiary/aromatic N) is 1. The fourth-order valence-corrected chi connectivity index (χ4v) is 1.38. The summed E-state index contributed by atoms with van der Waals surface area (Å²) in [6.45, 7) is 1.94. The summed E-state index contributed by atoms with van der Waals surface area (Å²) in [7, 11) is 0. The number of aryl methyl sites for hydroxylation is 1. The minimum atomic E-state index is -0.102. The molecular weight excluding hydrogens is 176 g/mol. The summed E-state index contributed by atoms with van der Waals surface area (Å²) in [4.78, 5) is 18.3. The maximum absolute atomic E-state index is 11.5. The summed E-state index contributed by atoms with van der Waals surface area (Å²) in [6.07, 6.45) is 3.30. The quantitative estimate of drug-likeness (QED) is 0.737. The fourth-order valence-electron chi connectivity index (χ4n) is 1.38. The molecule has 0 unspecified atom stereocenters. The van der Waals surface area contributed by atoms with Gasteiger partial charge in [-0.1, -0.05) is 6.07 Å². The molecule has 1 N–H and O–H groups in total. The summed E-state index contributed by atoms with van der Waals surface area (Å²) in [5.74, 6) is 0. The van der Waals surface area contributed by atoms with Crippen LogP contribution in [-0.4, -0.2) is 9.97 Å². The van der Waals surface area contributed by atoms with E-state index < -0.39 is 0 Å². The summed E-state index contributed by atoms with van der Waals surface area (Å²) in [5.41, 5.74) is 2.26. The number of pyridine rings is 2. The van der Waals surface area contributed by atoms with Gasteiger partial charge in [0.25, 0.3) is 5.56 Å². The van der Waals surface area contributed by atoms with Crippen LogP contribution in [0.2, 0.25) is 0 Å². The van der Waals surface area contributed by atoms with Crippen molar-refractivity contribution in [3.8, 4) is 11.3 Å². The van der Waals surface area contributed by atoms with Crippen LogP contribution in [0.4, 0.5) is 0 Å². The Labute approximate surface area is 81.5 Å². The van der Waals surface area contributed by atoms with Gasteiger partial charge in [-0.15, -0.1) is 0 Å². The molecule has 2 rings (SSSR count). The first-order valence-electron chi connectivity index (χ1n) is 4.39. The van der Waals surface area contributed by atoms with Gasteiger partial charge in [-0.3, -0.25) is 9.78 Å². The fraction of sp³-hybridized carbons (Fsp3) is 0.0909. The number of nitrogens with one attached hydrogen (secondary N) is 1. The normalized spacial score (nSPS) is 10.1. The second kappa shape index (κ2) is 3.46. The van der Waals surface area contributed by atoms with Crippen molar-refractivity contribution >= 4 is 0 Å². The number of aromatic amines is 1. The van der Waals surface area contributed by atoms with E-state index >= 15 is 0 Å². The lowest BCUT2D eigenvalue weighted by Crippen LogP contribution is -2.08. The van der Waals surface area contributed by atoms with Crippen LogP contribution in [0.25, 0.3) is 11.3 Å². The van der Waals surface area contributed by atoms with Gasteiger partial charge in [0, 0.05) is 12.4 Å². The molecule has 0 aliphatic rings. The van der Waals surface area contributed by atoms with Crippen molar-refractivity contribution in [2.24, 2.45) is 0 Å². The number of hydrogen-bond donors (Lipinski definition) is 1. The molecule has 0 bridgehead atoms. The van der Waals surface area contributed by atoms with E-state index in [1.807, 2.05) is 19.1 Å². The van der Waals surface area contributed by atoms with Gasteiger partial charge >= 0.3 is 0 Å². The van der Waals surface area contributed by atoms with Crippen LogP contribution < -0.4 is 5.56 Å². The zero-order valence-corrected chi connectivity index (χ0v) is 7.82. The van der Waals surface area contributed by atoms with E-state index in [1.165, 1.54) is 0 Å². The molecule has 0 radical (unpaired) electrons. The van der Waals surface area contributed by atoms with Crippen LogP contribution in [0, 0.1) is 6.92 Å². The summed E-state index contributed by atoms with van der Waals surface area (Å²) >= 11 is 0. The van der Waals surface area contributed by atoms with E-state index in [2.05, 4.69) is 9.97 Å². The van der Waals surface area contributed by atoms with Crippen molar-refractivity contribution in [2.75, 3.05) is 0 Å². The van der Waals surface area contributed by atoms with Crippen molar-refractivity contribution in [1.29, 1.82) is 0 Å². The highest BCUT2D eigenvalue weighted by Crippen LogP contribution is 2.15. The average molecular weight is 186 g/mol. The number of aromatic nitrogens is 2. The predicted octanol–water partition coefficient (Wildman–Crippen LogP) is 1.75. The first-order valence-corrected chi connectivity index (χ1v) is 4.39. The summed E-state index contributed by atoms with van der Waals surface area (Å²) in [6, 6.07) is 7.36. The SMILES string of the molecule is Cc1cccnc1-c1ccc[nH]c1=O. The topological polar surface area (TPSA) is 45.8 Å². The monoisotopic (exact) mass is 186 g/mol. The lowest BCUT2D eigenvalue weighted by Gasteiger charge is -2.01. The van der Waals surface area contributed by atoms with E-state index in [-0.39, 0.29) is 5.56 Å². The van der Waals surface area contributed by atoms with Gasteiger partial charge in [0.1, 0.15) is 0 Å². The third-order valence-corrected chi connectivity index (χ3v) is 2.08. The van der Waals surface area contributed by atoms with Crippen LogP contribution in [-0.2, 0) is 0 Å². The molecule has 2 heterocycles. The number of H-pyrrole nitrogens is 1. The Hall–Kier alpha value is -1.90. The van der Waals surface area contributed by atoms with Gasteiger partial charge in [-0.25, -0.2) is 0 Å². The lowest BCUT2D eigenvalue weighted by molar-refractivity contribution is 1.20. The molecule has 2 aromatic rings. The van der Waals surface area contributed by atoms with Crippen LogP contribution in [0.5, 0.6) is 0 Å². The van der Waals surface area contributed by atoms with Crippen LogP contribution in [0.15, 0.2) is 41.5 Å². The molecule has 0 saturated carbocycles. The molecule has 0 aliphatic carbocycles. The maximum atomic E-state index is 11.5. The molecule has 70 valence electrons. The number of rotatable bonds is 1. The average Bonchev–Trinajstić information content (AvgIpc) is 2.20. The minimum Gasteiger partial charge on any atom is -0.329 e. The molecule has 0 atom stereocenters. The Kier molecular flexibility index (Phi) is 2.14.